The van der Waals surface area contributed by atoms with Crippen molar-refractivity contribution in [3.8, 4) is 5.88 Å². The van der Waals surface area contributed by atoms with Crippen molar-refractivity contribution < 1.29 is 19.7 Å². The molecule has 6 N–H and O–H groups in total. The van der Waals surface area contributed by atoms with Crippen LogP contribution in [0.25, 0.3) is 0 Å². The second-order valence-corrected chi connectivity index (χ2v) is 8.53. The molecule has 0 unspecified atom stereocenters. The highest BCUT2D eigenvalue weighted by atomic mass is 16.5. The molecule has 0 atom stereocenters. The normalized spacial score (nSPS) is 13.4. The highest BCUT2D eigenvalue weighted by Gasteiger charge is 2.18. The predicted octanol–water partition coefficient (Wildman–Crippen LogP) is 1.98. The lowest BCUT2D eigenvalue weighted by Crippen LogP contribution is -2.34. The maximum absolute atomic E-state index is 9.59. The number of aliphatic hydroxyl groups is 2. The fourth-order valence-corrected chi connectivity index (χ4v) is 3.47. The largest absolute Gasteiger partial charge is 0.474 e. The van der Waals surface area contributed by atoms with Crippen LogP contribution in [0, 0.1) is 6.92 Å². The van der Waals surface area contributed by atoms with Gasteiger partial charge in [0.25, 0.3) is 0 Å². The summed E-state index contributed by atoms with van der Waals surface area (Å²) in [4.78, 5) is 22.8. The lowest BCUT2D eigenvalue weighted by Gasteiger charge is -2.23. The molecular weight excluding hydrogens is 485 g/mol. The smallest absolute Gasteiger partial charge is 0.229 e. The maximum Gasteiger partial charge on any atom is 0.229 e. The van der Waals surface area contributed by atoms with Crippen LogP contribution in [0.15, 0.2) is 61.3 Å². The molecule has 3 aromatic rings. The monoisotopic (exact) mass is 517 g/mol. The number of amides is 1. The maximum atomic E-state index is 9.59. The third-order valence-electron chi connectivity index (χ3n) is 5.40. The Morgan fingerprint density at radius 2 is 1.95 bits per heavy atom. The average Bonchev–Trinajstić information content (AvgIpc) is 2.90. The molecule has 0 bridgehead atoms. The molecule has 1 aliphatic heterocycles. The van der Waals surface area contributed by atoms with E-state index in [1.807, 2.05) is 25.1 Å². The molecule has 4 rings (SSSR count). The lowest BCUT2D eigenvalue weighted by atomic mass is 9.87. The van der Waals surface area contributed by atoms with Gasteiger partial charge >= 0.3 is 0 Å². The summed E-state index contributed by atoms with van der Waals surface area (Å²) in [6.07, 6.45) is 6.02. The van der Waals surface area contributed by atoms with Crippen molar-refractivity contribution in [1.82, 2.24) is 25.6 Å². The molecule has 198 valence electrons. The summed E-state index contributed by atoms with van der Waals surface area (Å²) in [7, 11) is 5.34. The van der Waals surface area contributed by atoms with E-state index in [0.29, 0.717) is 42.1 Å². The van der Waals surface area contributed by atoms with E-state index in [4.69, 9.17) is 12.6 Å². The molecule has 2 radical (unpaired) electrons. The molecule has 0 aliphatic carbocycles. The van der Waals surface area contributed by atoms with Gasteiger partial charge in [-0.15, -0.1) is 6.58 Å². The van der Waals surface area contributed by atoms with E-state index >= 15 is 0 Å². The van der Waals surface area contributed by atoms with Gasteiger partial charge in [0.1, 0.15) is 23.4 Å². The summed E-state index contributed by atoms with van der Waals surface area (Å²) >= 11 is 0. The Labute approximate surface area is 223 Å². The number of aromatic nitrogens is 3. The fraction of sp³-hybridized carbons (Fsp3) is 0.308. The van der Waals surface area contributed by atoms with Gasteiger partial charge in [-0.3, -0.25) is 4.79 Å². The second-order valence-electron chi connectivity index (χ2n) is 8.53. The van der Waals surface area contributed by atoms with Crippen LogP contribution in [-0.2, 0) is 10.5 Å². The molecule has 2 aromatic heterocycles. The van der Waals surface area contributed by atoms with Gasteiger partial charge in [0.05, 0.1) is 0 Å². The summed E-state index contributed by atoms with van der Waals surface area (Å²) in [6.45, 7) is 7.72. The van der Waals surface area contributed by atoms with Crippen LogP contribution in [0.2, 0.25) is 0 Å². The Bertz CT molecular complexity index is 1190. The van der Waals surface area contributed by atoms with Crippen molar-refractivity contribution in [3.05, 3.63) is 72.4 Å². The van der Waals surface area contributed by atoms with Gasteiger partial charge in [-0.05, 0) is 51.1 Å². The van der Waals surface area contributed by atoms with E-state index < -0.39 is 5.69 Å². The number of nitrogens with zero attached hydrogens (tertiary/aromatic N) is 3. The van der Waals surface area contributed by atoms with E-state index in [-0.39, 0.29) is 11.7 Å². The van der Waals surface area contributed by atoms with Crippen LogP contribution in [0.3, 0.4) is 0 Å². The van der Waals surface area contributed by atoms with Crippen LogP contribution < -0.4 is 26.0 Å². The number of aryl methyl sites for hydroxylation is 1. The zero-order chi connectivity index (χ0) is 27.4. The van der Waals surface area contributed by atoms with Gasteiger partial charge < -0.3 is 36.2 Å². The van der Waals surface area contributed by atoms with Gasteiger partial charge in [-0.2, -0.15) is 9.97 Å². The molecule has 1 saturated heterocycles. The van der Waals surface area contributed by atoms with Crippen LogP contribution in [0.5, 0.6) is 5.88 Å². The fourth-order valence-electron chi connectivity index (χ4n) is 3.47. The first kappa shape index (κ1) is 28.6. The number of carbonyl (C=O) groups excluding carboxylic acids is 1. The third-order valence-corrected chi connectivity index (χ3v) is 5.40. The number of nitrogens with one attached hydrogen (secondary N) is 4. The van der Waals surface area contributed by atoms with Crippen LogP contribution in [-0.4, -0.2) is 65.2 Å². The predicted molar refractivity (Wildman–Crippen MR) is 147 cm³/mol. The van der Waals surface area contributed by atoms with Crippen molar-refractivity contribution in [2.45, 2.75) is 31.6 Å². The van der Waals surface area contributed by atoms with Crippen molar-refractivity contribution in [3.63, 3.8) is 0 Å². The number of piperidine rings is 1. The standard InChI is InChI=1S/C22H25BN6O3.C4H7NO/c1-14-13-25-21(26-16-5-2-4-15(12-16)22(23,30)31)29-20(14)28-18-6-3-7-19(27-18)32-17-8-10-24-11-9-17;1-2-3-5-4-6/h2-7,12-13,17,24,30-31H,8-11H2,1H3,(H2,25,26,27,28,29);2,4H,1,3H2,(H,5,6). The van der Waals surface area contributed by atoms with Gasteiger partial charge in [-0.1, -0.05) is 24.3 Å². The highest BCUT2D eigenvalue weighted by molar-refractivity contribution is 6.13. The molecule has 38 heavy (non-hydrogen) atoms. The van der Waals surface area contributed by atoms with Gasteiger partial charge in [0.15, 0.2) is 7.85 Å². The Morgan fingerprint density at radius 3 is 2.63 bits per heavy atom. The molecule has 1 amide bonds. The number of pyridine rings is 1. The highest BCUT2D eigenvalue weighted by Crippen LogP contribution is 2.24. The van der Waals surface area contributed by atoms with Crippen molar-refractivity contribution in [1.29, 1.82) is 0 Å². The minimum Gasteiger partial charge on any atom is -0.474 e. The van der Waals surface area contributed by atoms with E-state index in [2.05, 4.69) is 42.8 Å². The first-order chi connectivity index (χ1) is 18.3. The molecule has 0 spiro atoms. The zero-order valence-corrected chi connectivity index (χ0v) is 21.2. The number of benzene rings is 1. The van der Waals surface area contributed by atoms with E-state index in [1.165, 1.54) is 12.1 Å². The molecule has 1 fully saturated rings. The first-order valence-electron chi connectivity index (χ1n) is 12.1. The minimum atomic E-state index is -2.43. The Kier molecular flexibility index (Phi) is 10.6. The lowest BCUT2D eigenvalue weighted by molar-refractivity contribution is -0.109. The Morgan fingerprint density at radius 1 is 1.18 bits per heavy atom. The van der Waals surface area contributed by atoms with E-state index in [0.717, 1.165) is 31.5 Å². The summed E-state index contributed by atoms with van der Waals surface area (Å²) in [5.41, 5.74) is -0.887. The van der Waals surface area contributed by atoms with Crippen molar-refractivity contribution >= 4 is 37.5 Å². The number of rotatable bonds is 10. The molecule has 3 heterocycles. The van der Waals surface area contributed by atoms with Gasteiger partial charge in [-0.25, -0.2) is 4.98 Å². The minimum absolute atomic E-state index is 0.141. The molecule has 1 aromatic carbocycles. The van der Waals surface area contributed by atoms with Crippen molar-refractivity contribution in [2.75, 3.05) is 30.3 Å². The summed E-state index contributed by atoms with van der Waals surface area (Å²) in [5, 5.41) is 31.2. The second kappa shape index (κ2) is 14.1. The van der Waals surface area contributed by atoms with Gasteiger partial charge in [0.2, 0.25) is 18.2 Å². The Balaban J connectivity index is 0.000000599. The SMILES string of the molecule is C=CCNC=O.[B]C(O)(O)c1cccc(Nc2ncc(C)c(Nc3cccc(OC4CCNCC4)n3)n2)c1. The molecule has 0 saturated carbocycles. The quantitative estimate of drug-likeness (QED) is 0.0774. The van der Waals surface area contributed by atoms with E-state index in [1.54, 1.807) is 24.4 Å². The number of carbonyl (C=O) groups is 1. The summed E-state index contributed by atoms with van der Waals surface area (Å²) in [6, 6.07) is 12.0. The molecule has 1 aliphatic rings. The average molecular weight is 517 g/mol. The molecule has 11 nitrogen and oxygen atoms in total. The number of hydrogen-bond acceptors (Lipinski definition) is 10. The van der Waals surface area contributed by atoms with Gasteiger partial charge in [0, 0.05) is 35.6 Å². The summed E-state index contributed by atoms with van der Waals surface area (Å²) < 4.78 is 6.02. The Hall–Kier alpha value is -4.00. The van der Waals surface area contributed by atoms with Crippen LogP contribution in [0.1, 0.15) is 24.0 Å². The van der Waals surface area contributed by atoms with Crippen LogP contribution >= 0.6 is 0 Å². The third kappa shape index (κ3) is 9.14. The first-order valence-corrected chi connectivity index (χ1v) is 12.1. The summed E-state index contributed by atoms with van der Waals surface area (Å²) in [5.74, 6) is 2.10. The van der Waals surface area contributed by atoms with Crippen LogP contribution in [0.4, 0.5) is 23.3 Å². The van der Waals surface area contributed by atoms with Crippen molar-refractivity contribution in [2.24, 2.45) is 0 Å². The topological polar surface area (TPSA) is 154 Å². The number of ether oxygens (including phenoxy) is 1. The van der Waals surface area contributed by atoms with E-state index in [9.17, 15) is 15.0 Å². The zero-order valence-electron chi connectivity index (χ0n) is 21.2. The number of hydrogen-bond donors (Lipinski definition) is 6. The molecular formula is C26H32BN7O4. The number of anilines is 4. The molecule has 12 heteroatoms.